The van der Waals surface area contributed by atoms with Gasteiger partial charge in [0.2, 0.25) is 0 Å². The molecule has 4 heteroatoms. The summed E-state index contributed by atoms with van der Waals surface area (Å²) in [4.78, 5) is 23.7. The highest BCUT2D eigenvalue weighted by Gasteiger charge is 2.21. The smallest absolute Gasteiger partial charge is 0.336 e. The van der Waals surface area contributed by atoms with Gasteiger partial charge >= 0.3 is 5.97 Å². The average molecular weight is 289 g/mol. The Morgan fingerprint density at radius 2 is 1.71 bits per heavy atom. The van der Waals surface area contributed by atoms with Crippen LogP contribution >= 0.6 is 0 Å². The SMILES string of the molecule is Cc1ccc(C)c(C(=O)NCCC2CCCC2)c1C(=O)O. The fourth-order valence-electron chi connectivity index (χ4n) is 3.16. The standard InChI is InChI=1S/C17H23NO3/c1-11-7-8-12(2)15(17(20)21)14(11)16(19)18-10-9-13-5-3-4-6-13/h7-8,13H,3-6,9-10H2,1-2H3,(H,18,19)(H,20,21). The zero-order valence-electron chi connectivity index (χ0n) is 12.7. The van der Waals surface area contributed by atoms with Gasteiger partial charge in [0.1, 0.15) is 0 Å². The molecular weight excluding hydrogens is 266 g/mol. The van der Waals surface area contributed by atoms with Crippen molar-refractivity contribution in [3.63, 3.8) is 0 Å². The minimum absolute atomic E-state index is 0.119. The maximum absolute atomic E-state index is 12.3. The first-order chi connectivity index (χ1) is 10.0. The molecule has 1 aliphatic rings. The number of benzene rings is 1. The number of carbonyl (C=O) groups excluding carboxylic acids is 1. The van der Waals surface area contributed by atoms with E-state index in [0.717, 1.165) is 6.42 Å². The molecule has 4 nitrogen and oxygen atoms in total. The third kappa shape index (κ3) is 3.63. The number of carbonyl (C=O) groups is 2. The summed E-state index contributed by atoms with van der Waals surface area (Å²) in [6.07, 6.45) is 6.07. The van der Waals surface area contributed by atoms with E-state index in [9.17, 15) is 14.7 Å². The first kappa shape index (κ1) is 15.5. The molecule has 0 atom stereocenters. The highest BCUT2D eigenvalue weighted by Crippen LogP contribution is 2.27. The molecule has 0 bridgehead atoms. The van der Waals surface area contributed by atoms with Gasteiger partial charge < -0.3 is 10.4 Å². The van der Waals surface area contributed by atoms with Crippen molar-refractivity contribution in [2.24, 2.45) is 5.92 Å². The van der Waals surface area contributed by atoms with Crippen molar-refractivity contribution in [2.45, 2.75) is 46.0 Å². The predicted octanol–water partition coefficient (Wildman–Crippen LogP) is 3.31. The molecule has 2 N–H and O–H groups in total. The number of carboxylic acids is 1. The molecule has 0 saturated heterocycles. The number of amides is 1. The van der Waals surface area contributed by atoms with Crippen LogP contribution in [0.25, 0.3) is 0 Å². The van der Waals surface area contributed by atoms with Crippen molar-refractivity contribution < 1.29 is 14.7 Å². The lowest BCUT2D eigenvalue weighted by molar-refractivity contribution is 0.0690. The highest BCUT2D eigenvalue weighted by molar-refractivity contribution is 6.06. The van der Waals surface area contributed by atoms with Gasteiger partial charge in [-0.25, -0.2) is 4.79 Å². The van der Waals surface area contributed by atoms with Crippen LogP contribution in [0, 0.1) is 19.8 Å². The summed E-state index contributed by atoms with van der Waals surface area (Å²) in [6.45, 7) is 4.12. The van der Waals surface area contributed by atoms with Crippen LogP contribution in [-0.4, -0.2) is 23.5 Å². The van der Waals surface area contributed by atoms with Gasteiger partial charge in [0.15, 0.2) is 0 Å². The van der Waals surface area contributed by atoms with Gasteiger partial charge in [-0.15, -0.1) is 0 Å². The minimum Gasteiger partial charge on any atom is -0.478 e. The zero-order valence-corrected chi connectivity index (χ0v) is 12.7. The van der Waals surface area contributed by atoms with Crippen molar-refractivity contribution in [1.29, 1.82) is 0 Å². The number of hydrogen-bond donors (Lipinski definition) is 2. The molecule has 0 spiro atoms. The summed E-state index contributed by atoms with van der Waals surface area (Å²) in [5.74, 6) is -0.605. The first-order valence-electron chi connectivity index (χ1n) is 7.62. The molecule has 1 aliphatic carbocycles. The maximum atomic E-state index is 12.3. The molecule has 1 saturated carbocycles. The summed E-state index contributed by atoms with van der Waals surface area (Å²) >= 11 is 0. The van der Waals surface area contributed by atoms with E-state index in [-0.39, 0.29) is 11.5 Å². The van der Waals surface area contributed by atoms with E-state index in [2.05, 4.69) is 5.32 Å². The molecule has 1 amide bonds. The van der Waals surface area contributed by atoms with Crippen LogP contribution in [0.15, 0.2) is 12.1 Å². The lowest BCUT2D eigenvalue weighted by Crippen LogP contribution is -2.28. The Bertz CT molecular complexity index is 545. The molecule has 0 aromatic heterocycles. The van der Waals surface area contributed by atoms with E-state index < -0.39 is 5.97 Å². The van der Waals surface area contributed by atoms with Crippen LogP contribution in [0.3, 0.4) is 0 Å². The number of aromatic carboxylic acids is 1. The molecule has 0 heterocycles. The van der Waals surface area contributed by atoms with Gasteiger partial charge in [-0.1, -0.05) is 37.8 Å². The largest absolute Gasteiger partial charge is 0.478 e. The summed E-state index contributed by atoms with van der Waals surface area (Å²) < 4.78 is 0. The Morgan fingerprint density at radius 3 is 2.29 bits per heavy atom. The average Bonchev–Trinajstić information content (AvgIpc) is 2.93. The van der Waals surface area contributed by atoms with Crippen LogP contribution < -0.4 is 5.32 Å². The molecule has 0 aliphatic heterocycles. The van der Waals surface area contributed by atoms with Crippen LogP contribution in [0.5, 0.6) is 0 Å². The van der Waals surface area contributed by atoms with E-state index in [1.807, 2.05) is 0 Å². The Labute approximate surface area is 125 Å². The summed E-state index contributed by atoms with van der Waals surface area (Å²) in [7, 11) is 0. The van der Waals surface area contributed by atoms with Gasteiger partial charge in [-0.05, 0) is 37.3 Å². The lowest BCUT2D eigenvalue weighted by atomic mass is 9.96. The van der Waals surface area contributed by atoms with Crippen molar-refractivity contribution in [1.82, 2.24) is 5.32 Å². The quantitative estimate of drug-likeness (QED) is 0.874. The van der Waals surface area contributed by atoms with Gasteiger partial charge in [-0.3, -0.25) is 4.79 Å². The molecule has 114 valence electrons. The van der Waals surface area contributed by atoms with E-state index in [1.165, 1.54) is 25.7 Å². The van der Waals surface area contributed by atoms with Crippen LogP contribution in [0.1, 0.15) is 63.9 Å². The Kier molecular flexibility index (Phi) is 4.99. The van der Waals surface area contributed by atoms with Crippen molar-refractivity contribution in [3.8, 4) is 0 Å². The molecule has 1 aromatic carbocycles. The number of hydrogen-bond acceptors (Lipinski definition) is 2. The van der Waals surface area contributed by atoms with E-state index in [1.54, 1.807) is 26.0 Å². The highest BCUT2D eigenvalue weighted by atomic mass is 16.4. The monoisotopic (exact) mass is 289 g/mol. The Balaban J connectivity index is 2.07. The van der Waals surface area contributed by atoms with Crippen LogP contribution in [0.4, 0.5) is 0 Å². The van der Waals surface area contributed by atoms with Gasteiger partial charge in [0.05, 0.1) is 11.1 Å². The third-order valence-corrected chi connectivity index (χ3v) is 4.38. The molecule has 21 heavy (non-hydrogen) atoms. The summed E-state index contributed by atoms with van der Waals surface area (Å²) in [5.41, 5.74) is 1.74. The summed E-state index contributed by atoms with van der Waals surface area (Å²) in [6, 6.07) is 3.54. The molecule has 1 fully saturated rings. The van der Waals surface area contributed by atoms with Gasteiger partial charge in [0.25, 0.3) is 5.91 Å². The second-order valence-corrected chi connectivity index (χ2v) is 5.95. The second-order valence-electron chi connectivity index (χ2n) is 5.95. The predicted molar refractivity (Wildman–Crippen MR) is 81.8 cm³/mol. The van der Waals surface area contributed by atoms with Gasteiger partial charge in [0, 0.05) is 6.54 Å². The molecule has 1 aromatic rings. The minimum atomic E-state index is -1.04. The third-order valence-electron chi connectivity index (χ3n) is 4.38. The Morgan fingerprint density at radius 1 is 1.14 bits per heavy atom. The molecule has 0 unspecified atom stereocenters. The zero-order chi connectivity index (χ0) is 15.4. The fraction of sp³-hybridized carbons (Fsp3) is 0.529. The molecule has 2 rings (SSSR count). The van der Waals surface area contributed by atoms with Crippen LogP contribution in [-0.2, 0) is 0 Å². The van der Waals surface area contributed by atoms with Crippen LogP contribution in [0.2, 0.25) is 0 Å². The summed E-state index contributed by atoms with van der Waals surface area (Å²) in [5, 5.41) is 12.2. The first-order valence-corrected chi connectivity index (χ1v) is 7.62. The van der Waals surface area contributed by atoms with E-state index in [4.69, 9.17) is 0 Å². The Hall–Kier alpha value is -1.84. The maximum Gasteiger partial charge on any atom is 0.336 e. The second kappa shape index (κ2) is 6.74. The van der Waals surface area contributed by atoms with E-state index in [0.29, 0.717) is 29.2 Å². The number of rotatable bonds is 5. The topological polar surface area (TPSA) is 66.4 Å². The number of aryl methyl sites for hydroxylation is 2. The van der Waals surface area contributed by atoms with Crippen molar-refractivity contribution in [3.05, 3.63) is 34.4 Å². The number of nitrogens with one attached hydrogen (secondary N) is 1. The number of carboxylic acid groups (broad SMARTS) is 1. The normalized spacial score (nSPS) is 15.1. The fourth-order valence-corrected chi connectivity index (χ4v) is 3.16. The van der Waals surface area contributed by atoms with Crippen molar-refractivity contribution in [2.75, 3.05) is 6.54 Å². The molecular formula is C17H23NO3. The van der Waals surface area contributed by atoms with Gasteiger partial charge in [-0.2, -0.15) is 0 Å². The van der Waals surface area contributed by atoms with Crippen molar-refractivity contribution >= 4 is 11.9 Å². The lowest BCUT2D eigenvalue weighted by Gasteiger charge is -2.14. The van der Waals surface area contributed by atoms with E-state index >= 15 is 0 Å². The molecule has 0 radical (unpaired) electrons.